The van der Waals surface area contributed by atoms with Crippen LogP contribution in [0.5, 0.6) is 0 Å². The Hall–Kier alpha value is -4.98. The van der Waals surface area contributed by atoms with Gasteiger partial charge in [0.1, 0.15) is 0 Å². The number of nitrogens with zero attached hydrogens (tertiary/aromatic N) is 2. The zero-order chi connectivity index (χ0) is 29.0. The summed E-state index contributed by atoms with van der Waals surface area (Å²) in [7, 11) is 0. The van der Waals surface area contributed by atoms with Crippen LogP contribution in [0, 0.1) is 0 Å². The van der Waals surface area contributed by atoms with Crippen molar-refractivity contribution in [2.75, 3.05) is 0 Å². The Bertz CT molecular complexity index is 2270. The Labute approximate surface area is 280 Å². The molecule has 0 radical (unpaired) electrons. The molecular formula is C42H28N2Zr. The summed E-state index contributed by atoms with van der Waals surface area (Å²) in [6.45, 7) is 0. The van der Waals surface area contributed by atoms with Crippen molar-refractivity contribution >= 4 is 65.2 Å². The molecule has 8 aromatic carbocycles. The molecule has 0 bridgehead atoms. The van der Waals surface area contributed by atoms with E-state index in [4.69, 9.17) is 0 Å². The van der Waals surface area contributed by atoms with Crippen LogP contribution in [-0.4, -0.2) is 9.13 Å². The summed E-state index contributed by atoms with van der Waals surface area (Å²) < 4.78 is 4.73. The minimum atomic E-state index is 0. The summed E-state index contributed by atoms with van der Waals surface area (Å²) >= 11 is 0. The maximum absolute atomic E-state index is 2.37. The number of rotatable bonds is 2. The van der Waals surface area contributed by atoms with E-state index >= 15 is 0 Å². The van der Waals surface area contributed by atoms with Gasteiger partial charge in [0.15, 0.2) is 0 Å². The van der Waals surface area contributed by atoms with Crippen LogP contribution < -0.4 is 0 Å². The maximum Gasteiger partial charge on any atom is 2.00 e. The molecule has 0 amide bonds. The summed E-state index contributed by atoms with van der Waals surface area (Å²) in [4.78, 5) is 0. The second-order valence-corrected chi connectivity index (χ2v) is 11.4. The third-order valence-electron chi connectivity index (χ3n) is 8.88. The van der Waals surface area contributed by atoms with Crippen LogP contribution in [0.25, 0.3) is 76.5 Å². The molecule has 0 aliphatic heterocycles. The third-order valence-corrected chi connectivity index (χ3v) is 8.88. The van der Waals surface area contributed by atoms with Gasteiger partial charge in [0, 0.05) is 21.5 Å². The molecule has 0 saturated carbocycles. The van der Waals surface area contributed by atoms with Crippen molar-refractivity contribution in [2.45, 2.75) is 0 Å². The van der Waals surface area contributed by atoms with E-state index in [9.17, 15) is 0 Å². The molecule has 0 aliphatic carbocycles. The van der Waals surface area contributed by atoms with Crippen LogP contribution in [0.2, 0.25) is 0 Å². The summed E-state index contributed by atoms with van der Waals surface area (Å²) in [6.07, 6.45) is 0. The smallest absolute Gasteiger partial charge is 0.328 e. The fourth-order valence-electron chi connectivity index (χ4n) is 6.93. The standard InChI is InChI=1S/2C21H14N.Zr/c2*1-2-8-16-14-17(13-15(16)7-1)22-20-11-5-3-9-18(20)19-10-4-6-12-21(19)22;/h2*1-14H;/q2*-1;+2. The SMILES string of the molecule is [Zr+2].c1ccc2[cH-]c(-n3c4ccccc4c4ccccc43)cc2c1.c1ccc2[cH-]c(-n3c4ccccc4c4ccccc43)cc2c1. The van der Waals surface area contributed by atoms with E-state index in [1.165, 1.54) is 76.5 Å². The number of hydrogen-bond acceptors (Lipinski definition) is 0. The third kappa shape index (κ3) is 4.50. The molecule has 0 spiro atoms. The van der Waals surface area contributed by atoms with Gasteiger partial charge >= 0.3 is 26.2 Å². The van der Waals surface area contributed by atoms with E-state index in [2.05, 4.69) is 179 Å². The number of aromatic nitrogens is 2. The van der Waals surface area contributed by atoms with Crippen LogP contribution in [0.15, 0.2) is 170 Å². The number of fused-ring (bicyclic) bond motifs is 8. The van der Waals surface area contributed by atoms with Gasteiger partial charge in [-0.15, -0.1) is 82.2 Å². The molecule has 2 heterocycles. The summed E-state index contributed by atoms with van der Waals surface area (Å²) in [5, 5.41) is 10.4. The van der Waals surface area contributed by atoms with Crippen molar-refractivity contribution in [1.82, 2.24) is 9.13 Å². The molecule has 10 rings (SSSR count). The Morgan fingerprint density at radius 3 is 0.956 bits per heavy atom. The number of benzene rings is 6. The first-order valence-corrected chi connectivity index (χ1v) is 15.1. The van der Waals surface area contributed by atoms with Crippen LogP contribution in [0.3, 0.4) is 0 Å². The molecule has 0 saturated heterocycles. The van der Waals surface area contributed by atoms with E-state index < -0.39 is 0 Å². The monoisotopic (exact) mass is 650 g/mol. The van der Waals surface area contributed by atoms with Gasteiger partial charge < -0.3 is 9.13 Å². The molecule has 210 valence electrons. The number of para-hydroxylation sites is 4. The normalized spacial score (nSPS) is 11.4. The van der Waals surface area contributed by atoms with Crippen molar-refractivity contribution in [2.24, 2.45) is 0 Å². The minimum absolute atomic E-state index is 0. The summed E-state index contributed by atoms with van der Waals surface area (Å²) in [5.74, 6) is 0. The maximum atomic E-state index is 2.37. The molecule has 0 aliphatic rings. The van der Waals surface area contributed by atoms with Crippen molar-refractivity contribution < 1.29 is 26.2 Å². The predicted octanol–water partition coefficient (Wildman–Crippen LogP) is 11.3. The van der Waals surface area contributed by atoms with Gasteiger partial charge in [-0.1, -0.05) is 84.9 Å². The van der Waals surface area contributed by atoms with Gasteiger partial charge in [-0.2, -0.15) is 0 Å². The fraction of sp³-hybridized carbons (Fsp3) is 0. The zero-order valence-corrected chi connectivity index (χ0v) is 27.0. The Balaban J connectivity index is 0.000000131. The minimum Gasteiger partial charge on any atom is -0.328 e. The van der Waals surface area contributed by atoms with E-state index in [-0.39, 0.29) is 26.2 Å². The first-order chi connectivity index (χ1) is 21.8. The van der Waals surface area contributed by atoms with Gasteiger partial charge in [-0.25, -0.2) is 0 Å². The van der Waals surface area contributed by atoms with Crippen LogP contribution in [0.1, 0.15) is 0 Å². The van der Waals surface area contributed by atoms with Crippen LogP contribution in [0.4, 0.5) is 0 Å². The Kier molecular flexibility index (Phi) is 6.85. The predicted molar refractivity (Wildman–Crippen MR) is 188 cm³/mol. The van der Waals surface area contributed by atoms with Crippen molar-refractivity contribution in [1.29, 1.82) is 0 Å². The molecule has 2 aromatic heterocycles. The quantitative estimate of drug-likeness (QED) is 0.165. The first-order valence-electron chi connectivity index (χ1n) is 15.1. The van der Waals surface area contributed by atoms with Crippen molar-refractivity contribution in [3.05, 3.63) is 170 Å². The second-order valence-electron chi connectivity index (χ2n) is 11.4. The van der Waals surface area contributed by atoms with Gasteiger partial charge in [-0.05, 0) is 35.6 Å². The molecule has 3 heteroatoms. The summed E-state index contributed by atoms with van der Waals surface area (Å²) in [5.41, 5.74) is 7.52. The van der Waals surface area contributed by atoms with E-state index in [0.717, 1.165) is 0 Å². The topological polar surface area (TPSA) is 9.86 Å². The Morgan fingerprint density at radius 1 is 0.333 bits per heavy atom. The first kappa shape index (κ1) is 27.6. The van der Waals surface area contributed by atoms with Crippen LogP contribution in [-0.2, 0) is 26.2 Å². The average molecular weight is 652 g/mol. The molecule has 0 fully saturated rings. The van der Waals surface area contributed by atoms with Crippen molar-refractivity contribution in [3.8, 4) is 11.4 Å². The molecule has 2 nitrogen and oxygen atoms in total. The average Bonchev–Trinajstić information content (AvgIpc) is 3.85. The van der Waals surface area contributed by atoms with E-state index in [1.54, 1.807) is 0 Å². The van der Waals surface area contributed by atoms with E-state index in [1.807, 2.05) is 0 Å². The molecule has 0 atom stereocenters. The molecule has 0 N–H and O–H groups in total. The molecular weight excluding hydrogens is 624 g/mol. The molecule has 45 heavy (non-hydrogen) atoms. The zero-order valence-electron chi connectivity index (χ0n) is 24.6. The van der Waals surface area contributed by atoms with E-state index in [0.29, 0.717) is 0 Å². The largest absolute Gasteiger partial charge is 2.00 e. The molecule has 0 unspecified atom stereocenters. The van der Waals surface area contributed by atoms with Gasteiger partial charge in [0.05, 0.1) is 22.1 Å². The van der Waals surface area contributed by atoms with Crippen molar-refractivity contribution in [3.63, 3.8) is 0 Å². The Morgan fingerprint density at radius 2 is 0.622 bits per heavy atom. The molecule has 10 aromatic rings. The van der Waals surface area contributed by atoms with Gasteiger partial charge in [0.2, 0.25) is 0 Å². The van der Waals surface area contributed by atoms with Gasteiger partial charge in [0.25, 0.3) is 0 Å². The second kappa shape index (κ2) is 11.2. The number of hydrogen-bond donors (Lipinski definition) is 0. The van der Waals surface area contributed by atoms with Gasteiger partial charge in [-0.3, -0.25) is 0 Å². The fourth-order valence-corrected chi connectivity index (χ4v) is 6.93. The van der Waals surface area contributed by atoms with Crippen LogP contribution >= 0.6 is 0 Å². The summed E-state index contributed by atoms with van der Waals surface area (Å²) in [6, 6.07) is 60.7.